The molecule has 1 aromatic heterocycles. The molecule has 0 aliphatic rings. The van der Waals surface area contributed by atoms with Crippen LogP contribution in [0.4, 0.5) is 22.0 Å². The van der Waals surface area contributed by atoms with E-state index in [0.29, 0.717) is 18.7 Å². The molecule has 10 nitrogen and oxygen atoms in total. The number of benzene rings is 1. The molecule has 0 spiro atoms. The first-order valence-electron chi connectivity index (χ1n) is 10.2. The van der Waals surface area contributed by atoms with Crippen LogP contribution in [0.25, 0.3) is 0 Å². The number of H-pyrrole nitrogens is 1. The molecule has 0 aliphatic heterocycles. The lowest BCUT2D eigenvalue weighted by atomic mass is 10.1. The zero-order chi connectivity index (χ0) is 23.1. The fraction of sp³-hybridized carbons (Fsp3) is 0.429. The lowest BCUT2D eigenvalue weighted by Gasteiger charge is -2.24. The van der Waals surface area contributed by atoms with Gasteiger partial charge in [-0.1, -0.05) is 25.5 Å². The zero-order valence-electron chi connectivity index (χ0n) is 18.4. The summed E-state index contributed by atoms with van der Waals surface area (Å²) in [6, 6.07) is 4.79. The summed E-state index contributed by atoms with van der Waals surface area (Å²) < 4.78 is 1.29. The van der Waals surface area contributed by atoms with E-state index in [-0.39, 0.29) is 24.6 Å². The van der Waals surface area contributed by atoms with Crippen LogP contribution in [0.3, 0.4) is 0 Å². The number of unbranched alkanes of at least 4 members (excludes halogenated alkanes) is 1. The Kier molecular flexibility index (Phi) is 8.00. The standard InChI is InChI=1S/C21H30N6O4/c1-5-7-11-27-18(22)17(19(29)25-21(27)31)26(6-2)12-16(28)24-20(30)23-15-10-8-9-13(3)14(15)4/h8-10H,5-7,11-12,22H2,1-4H3,(H,25,29,31)(H2,23,24,28,30). The Balaban J connectivity index is 2.16. The first kappa shape index (κ1) is 23.7. The Bertz CT molecular complexity index is 1070. The Morgan fingerprint density at radius 1 is 1.19 bits per heavy atom. The quantitative estimate of drug-likeness (QED) is 0.502. The molecular formula is C21H30N6O4. The van der Waals surface area contributed by atoms with Crippen molar-refractivity contribution in [3.8, 4) is 0 Å². The SMILES string of the molecule is CCCCn1c(N)c(N(CC)CC(=O)NC(=O)Nc2cccc(C)c2C)c(=O)[nH]c1=O. The summed E-state index contributed by atoms with van der Waals surface area (Å²) in [6.45, 7) is 7.84. The lowest BCUT2D eigenvalue weighted by molar-refractivity contribution is -0.118. The van der Waals surface area contributed by atoms with Crippen molar-refractivity contribution in [1.82, 2.24) is 14.9 Å². The minimum atomic E-state index is -0.676. The molecule has 31 heavy (non-hydrogen) atoms. The number of urea groups is 1. The molecule has 0 saturated heterocycles. The molecule has 0 bridgehead atoms. The van der Waals surface area contributed by atoms with Crippen LogP contribution in [0.2, 0.25) is 0 Å². The molecule has 0 atom stereocenters. The highest BCUT2D eigenvalue weighted by molar-refractivity contribution is 6.02. The third-order valence-corrected chi connectivity index (χ3v) is 5.09. The summed E-state index contributed by atoms with van der Waals surface area (Å²) in [5, 5.41) is 4.90. The predicted octanol–water partition coefficient (Wildman–Crippen LogP) is 1.71. The monoisotopic (exact) mass is 430 g/mol. The van der Waals surface area contributed by atoms with Gasteiger partial charge in [0.05, 0.1) is 6.54 Å². The van der Waals surface area contributed by atoms with E-state index < -0.39 is 23.2 Å². The van der Waals surface area contributed by atoms with Crippen LogP contribution in [0.5, 0.6) is 0 Å². The van der Waals surface area contributed by atoms with Crippen molar-refractivity contribution in [3.05, 3.63) is 50.2 Å². The van der Waals surface area contributed by atoms with Crippen LogP contribution in [-0.2, 0) is 11.3 Å². The Hall–Kier alpha value is -3.56. The maximum Gasteiger partial charge on any atom is 0.330 e. The second-order valence-electron chi connectivity index (χ2n) is 7.26. The van der Waals surface area contributed by atoms with Crippen molar-refractivity contribution >= 4 is 29.1 Å². The number of rotatable bonds is 8. The van der Waals surface area contributed by atoms with Crippen molar-refractivity contribution in [1.29, 1.82) is 0 Å². The number of aromatic nitrogens is 2. The largest absolute Gasteiger partial charge is 0.383 e. The number of nitrogen functional groups attached to an aromatic ring is 1. The maximum absolute atomic E-state index is 12.4. The van der Waals surface area contributed by atoms with Gasteiger partial charge in [-0.25, -0.2) is 9.59 Å². The fourth-order valence-corrected chi connectivity index (χ4v) is 3.15. The number of nitrogens with zero attached hydrogens (tertiary/aromatic N) is 2. The summed E-state index contributed by atoms with van der Waals surface area (Å²) in [6.07, 6.45) is 1.55. The number of nitrogens with two attached hydrogens (primary N) is 1. The van der Waals surface area contributed by atoms with Crippen LogP contribution in [0.1, 0.15) is 37.8 Å². The van der Waals surface area contributed by atoms with E-state index in [1.165, 1.54) is 9.47 Å². The topological polar surface area (TPSA) is 142 Å². The number of carbonyl (C=O) groups is 2. The van der Waals surface area contributed by atoms with Gasteiger partial charge in [0.1, 0.15) is 11.5 Å². The first-order valence-corrected chi connectivity index (χ1v) is 10.2. The molecule has 2 rings (SSSR count). The van der Waals surface area contributed by atoms with Gasteiger partial charge in [-0.15, -0.1) is 0 Å². The van der Waals surface area contributed by atoms with E-state index in [4.69, 9.17) is 5.73 Å². The van der Waals surface area contributed by atoms with Crippen LogP contribution < -0.4 is 32.5 Å². The summed E-state index contributed by atoms with van der Waals surface area (Å²) in [7, 11) is 0. The van der Waals surface area contributed by atoms with Crippen LogP contribution in [-0.4, -0.2) is 34.6 Å². The number of likely N-dealkylation sites (N-methyl/N-ethyl adjacent to an activating group) is 1. The number of anilines is 3. The Labute approximate surface area is 180 Å². The predicted molar refractivity (Wildman–Crippen MR) is 122 cm³/mol. The molecule has 1 aromatic carbocycles. The van der Waals surface area contributed by atoms with E-state index in [1.807, 2.05) is 26.8 Å². The molecule has 168 valence electrons. The van der Waals surface area contributed by atoms with Crippen molar-refractivity contribution < 1.29 is 9.59 Å². The van der Waals surface area contributed by atoms with Gasteiger partial charge in [0, 0.05) is 18.8 Å². The molecule has 0 aliphatic carbocycles. The van der Waals surface area contributed by atoms with Gasteiger partial charge in [-0.3, -0.25) is 24.5 Å². The number of carbonyl (C=O) groups excluding carboxylic acids is 2. The second kappa shape index (κ2) is 10.5. The molecule has 2 aromatic rings. The maximum atomic E-state index is 12.4. The average Bonchev–Trinajstić information content (AvgIpc) is 2.70. The van der Waals surface area contributed by atoms with E-state index in [1.54, 1.807) is 19.1 Å². The molecule has 0 saturated carbocycles. The highest BCUT2D eigenvalue weighted by Crippen LogP contribution is 2.18. The van der Waals surface area contributed by atoms with Gasteiger partial charge in [0.25, 0.3) is 5.56 Å². The average molecular weight is 431 g/mol. The minimum Gasteiger partial charge on any atom is -0.383 e. The Morgan fingerprint density at radius 3 is 2.55 bits per heavy atom. The molecule has 1 heterocycles. The number of hydrogen-bond donors (Lipinski definition) is 4. The van der Waals surface area contributed by atoms with E-state index in [9.17, 15) is 19.2 Å². The molecule has 10 heteroatoms. The summed E-state index contributed by atoms with van der Waals surface area (Å²) in [5.41, 5.74) is 7.37. The van der Waals surface area contributed by atoms with Gasteiger partial charge in [-0.05, 0) is 44.4 Å². The van der Waals surface area contributed by atoms with Crippen LogP contribution >= 0.6 is 0 Å². The summed E-state index contributed by atoms with van der Waals surface area (Å²) in [4.78, 5) is 52.9. The number of hydrogen-bond acceptors (Lipinski definition) is 6. The number of nitrogens with one attached hydrogen (secondary N) is 3. The van der Waals surface area contributed by atoms with Crippen molar-refractivity contribution in [2.75, 3.05) is 29.0 Å². The summed E-state index contributed by atoms with van der Waals surface area (Å²) >= 11 is 0. The molecule has 3 amide bonds. The number of imide groups is 1. The third-order valence-electron chi connectivity index (χ3n) is 5.09. The molecule has 0 unspecified atom stereocenters. The normalized spacial score (nSPS) is 10.6. The van der Waals surface area contributed by atoms with E-state index >= 15 is 0 Å². The van der Waals surface area contributed by atoms with Gasteiger partial charge in [0.15, 0.2) is 0 Å². The summed E-state index contributed by atoms with van der Waals surface area (Å²) in [5.74, 6) is -0.619. The molecule has 0 fully saturated rings. The molecule has 0 radical (unpaired) electrons. The van der Waals surface area contributed by atoms with E-state index in [0.717, 1.165) is 17.5 Å². The van der Waals surface area contributed by atoms with Crippen molar-refractivity contribution in [2.45, 2.75) is 47.1 Å². The van der Waals surface area contributed by atoms with Gasteiger partial charge >= 0.3 is 11.7 Å². The lowest BCUT2D eigenvalue weighted by Crippen LogP contribution is -2.45. The van der Waals surface area contributed by atoms with E-state index in [2.05, 4.69) is 15.6 Å². The number of amides is 3. The number of aromatic amines is 1. The minimum absolute atomic E-state index is 0.00307. The zero-order valence-corrected chi connectivity index (χ0v) is 18.4. The van der Waals surface area contributed by atoms with Crippen molar-refractivity contribution in [2.24, 2.45) is 0 Å². The van der Waals surface area contributed by atoms with Crippen LogP contribution in [0.15, 0.2) is 27.8 Å². The van der Waals surface area contributed by atoms with Gasteiger partial charge in [-0.2, -0.15) is 0 Å². The second-order valence-corrected chi connectivity index (χ2v) is 7.26. The molecular weight excluding hydrogens is 400 g/mol. The van der Waals surface area contributed by atoms with Gasteiger partial charge < -0.3 is 16.0 Å². The molecule has 5 N–H and O–H groups in total. The van der Waals surface area contributed by atoms with Gasteiger partial charge in [0.2, 0.25) is 5.91 Å². The highest BCUT2D eigenvalue weighted by atomic mass is 16.2. The fourth-order valence-electron chi connectivity index (χ4n) is 3.15. The number of aryl methyl sites for hydroxylation is 1. The first-order chi connectivity index (χ1) is 14.7. The van der Waals surface area contributed by atoms with Crippen LogP contribution in [0, 0.1) is 13.8 Å². The van der Waals surface area contributed by atoms with Crippen molar-refractivity contribution in [3.63, 3.8) is 0 Å². The highest BCUT2D eigenvalue weighted by Gasteiger charge is 2.21. The third kappa shape index (κ3) is 5.74. The smallest absolute Gasteiger partial charge is 0.330 e. The Morgan fingerprint density at radius 2 is 1.90 bits per heavy atom.